The molecule has 0 aliphatic rings. The molecule has 0 aliphatic heterocycles. The van der Waals surface area contributed by atoms with E-state index in [1.165, 1.54) is 36.3 Å². The van der Waals surface area contributed by atoms with Gasteiger partial charge in [-0.2, -0.15) is 5.10 Å². The molecule has 0 fully saturated rings. The number of benzene rings is 1. The number of oxime groups is 1. The molecule has 0 bridgehead atoms. The molecule has 0 saturated carbocycles. The van der Waals surface area contributed by atoms with Crippen molar-refractivity contribution in [1.82, 2.24) is 15.2 Å². The van der Waals surface area contributed by atoms with Crippen molar-refractivity contribution in [3.05, 3.63) is 35.9 Å². The summed E-state index contributed by atoms with van der Waals surface area (Å²) in [5.74, 6) is -0.625. The van der Waals surface area contributed by atoms with Gasteiger partial charge >= 0.3 is 0 Å². The normalized spacial score (nSPS) is 11.7. The third-order valence-electron chi connectivity index (χ3n) is 1.92. The molecule has 2 aromatic rings. The molecule has 0 unspecified atom stereocenters. The molecule has 0 saturated heterocycles. The van der Waals surface area contributed by atoms with E-state index in [2.05, 4.69) is 20.3 Å². The molecule has 0 aliphatic carbocycles. The van der Waals surface area contributed by atoms with Gasteiger partial charge in [-0.3, -0.25) is 5.10 Å². The molecule has 1 aromatic heterocycles. The van der Waals surface area contributed by atoms with E-state index in [0.717, 1.165) is 0 Å². The van der Waals surface area contributed by atoms with Crippen molar-refractivity contribution in [1.29, 1.82) is 0 Å². The predicted molar refractivity (Wildman–Crippen MR) is 59.4 cm³/mol. The molecule has 1 aromatic carbocycles. The van der Waals surface area contributed by atoms with Crippen molar-refractivity contribution >= 4 is 17.6 Å². The first-order chi connectivity index (χ1) is 8.20. The highest BCUT2D eigenvalue weighted by Gasteiger charge is 2.11. The summed E-state index contributed by atoms with van der Waals surface area (Å²) in [6, 6.07) is 4.00. The van der Waals surface area contributed by atoms with Crippen LogP contribution in [0.1, 0.15) is 5.56 Å². The second kappa shape index (κ2) is 4.83. The van der Waals surface area contributed by atoms with Crippen LogP contribution in [0.15, 0.2) is 39.7 Å². The zero-order valence-electron chi connectivity index (χ0n) is 8.46. The standard InChI is InChI=1S/C9H8FN5OS/c10-5-1-2-7(6(3-5)8(11)15-16)17-9-12-4-13-14-9/h1-4,16H,(H2,11,15)(H,12,13,14). The van der Waals surface area contributed by atoms with Gasteiger partial charge in [0, 0.05) is 10.5 Å². The summed E-state index contributed by atoms with van der Waals surface area (Å²) < 4.78 is 13.1. The molecule has 0 amide bonds. The minimum atomic E-state index is -0.464. The average Bonchev–Trinajstić information content (AvgIpc) is 2.83. The van der Waals surface area contributed by atoms with E-state index in [1.54, 1.807) is 0 Å². The maximum Gasteiger partial charge on any atom is 0.188 e. The number of nitrogens with zero attached hydrogens (tertiary/aromatic N) is 3. The monoisotopic (exact) mass is 253 g/mol. The first-order valence-corrected chi connectivity index (χ1v) is 5.33. The maximum atomic E-state index is 13.1. The van der Waals surface area contributed by atoms with E-state index >= 15 is 0 Å². The van der Waals surface area contributed by atoms with Crippen LogP contribution in [0.25, 0.3) is 0 Å². The Bertz CT molecular complexity index is 542. The number of amidine groups is 1. The molecule has 0 spiro atoms. The zero-order valence-corrected chi connectivity index (χ0v) is 9.28. The van der Waals surface area contributed by atoms with Crippen LogP contribution in [0.2, 0.25) is 0 Å². The second-order valence-electron chi connectivity index (χ2n) is 3.02. The first kappa shape index (κ1) is 11.4. The van der Waals surface area contributed by atoms with Gasteiger partial charge in [-0.25, -0.2) is 9.37 Å². The summed E-state index contributed by atoms with van der Waals surface area (Å²) in [6.07, 6.45) is 1.36. The van der Waals surface area contributed by atoms with Gasteiger partial charge in [0.15, 0.2) is 11.0 Å². The molecule has 6 nitrogen and oxygen atoms in total. The van der Waals surface area contributed by atoms with Crippen molar-refractivity contribution in [2.24, 2.45) is 10.9 Å². The van der Waals surface area contributed by atoms with Crippen LogP contribution in [-0.2, 0) is 0 Å². The minimum Gasteiger partial charge on any atom is -0.409 e. The van der Waals surface area contributed by atoms with Gasteiger partial charge in [0.05, 0.1) is 0 Å². The van der Waals surface area contributed by atoms with Crippen molar-refractivity contribution in [2.45, 2.75) is 10.1 Å². The van der Waals surface area contributed by atoms with E-state index < -0.39 is 5.82 Å². The Morgan fingerprint density at radius 2 is 2.35 bits per heavy atom. The smallest absolute Gasteiger partial charge is 0.188 e. The summed E-state index contributed by atoms with van der Waals surface area (Å²) in [7, 11) is 0. The molecule has 8 heteroatoms. The summed E-state index contributed by atoms with van der Waals surface area (Å²) in [5.41, 5.74) is 5.77. The number of hydrogen-bond donors (Lipinski definition) is 3. The quantitative estimate of drug-likeness (QED) is 0.330. The highest BCUT2D eigenvalue weighted by Crippen LogP contribution is 2.28. The topological polar surface area (TPSA) is 100 Å². The highest BCUT2D eigenvalue weighted by molar-refractivity contribution is 7.99. The predicted octanol–water partition coefficient (Wildman–Crippen LogP) is 1.19. The number of nitrogens with one attached hydrogen (secondary N) is 1. The van der Waals surface area contributed by atoms with Crippen LogP contribution < -0.4 is 5.73 Å². The second-order valence-corrected chi connectivity index (χ2v) is 4.05. The van der Waals surface area contributed by atoms with Gasteiger partial charge in [0.1, 0.15) is 12.1 Å². The first-order valence-electron chi connectivity index (χ1n) is 4.51. The number of H-pyrrole nitrogens is 1. The van der Waals surface area contributed by atoms with Crippen LogP contribution in [0.5, 0.6) is 0 Å². The van der Waals surface area contributed by atoms with Crippen molar-refractivity contribution in [2.75, 3.05) is 0 Å². The number of hydrogen-bond acceptors (Lipinski definition) is 5. The number of nitrogens with two attached hydrogens (primary N) is 1. The molecule has 17 heavy (non-hydrogen) atoms. The lowest BCUT2D eigenvalue weighted by molar-refractivity contribution is 0.318. The molecule has 2 rings (SSSR count). The van der Waals surface area contributed by atoms with Crippen molar-refractivity contribution < 1.29 is 9.60 Å². The van der Waals surface area contributed by atoms with E-state index in [0.29, 0.717) is 15.6 Å². The van der Waals surface area contributed by atoms with Crippen LogP contribution in [-0.4, -0.2) is 26.2 Å². The van der Waals surface area contributed by atoms with Gasteiger partial charge in [-0.05, 0) is 30.0 Å². The molecule has 0 atom stereocenters. The fourth-order valence-electron chi connectivity index (χ4n) is 1.19. The highest BCUT2D eigenvalue weighted by atomic mass is 32.2. The lowest BCUT2D eigenvalue weighted by Gasteiger charge is -2.05. The lowest BCUT2D eigenvalue weighted by Crippen LogP contribution is -2.14. The lowest BCUT2D eigenvalue weighted by atomic mass is 10.2. The largest absolute Gasteiger partial charge is 0.409 e. The summed E-state index contributed by atoms with van der Waals surface area (Å²) in [6.45, 7) is 0. The summed E-state index contributed by atoms with van der Waals surface area (Å²) in [5, 5.41) is 18.4. The SMILES string of the molecule is NC(=NO)c1cc(F)ccc1Sc1ncn[nH]1. The Labute approximate surface area is 99.7 Å². The van der Waals surface area contributed by atoms with Crippen molar-refractivity contribution in [3.63, 3.8) is 0 Å². The Morgan fingerprint density at radius 1 is 1.53 bits per heavy atom. The molecule has 0 radical (unpaired) electrons. The molecule has 88 valence electrons. The average molecular weight is 253 g/mol. The fourth-order valence-corrected chi connectivity index (χ4v) is 2.01. The molecular weight excluding hydrogens is 245 g/mol. The van der Waals surface area contributed by atoms with E-state index in [9.17, 15) is 4.39 Å². The Kier molecular flexibility index (Phi) is 3.24. The van der Waals surface area contributed by atoms with Crippen LogP contribution in [0.4, 0.5) is 4.39 Å². The van der Waals surface area contributed by atoms with Gasteiger partial charge in [-0.1, -0.05) is 5.16 Å². The van der Waals surface area contributed by atoms with E-state index in [1.807, 2.05) is 0 Å². The summed E-state index contributed by atoms with van der Waals surface area (Å²) >= 11 is 1.21. The van der Waals surface area contributed by atoms with Crippen LogP contribution in [0, 0.1) is 5.82 Å². The molecule has 1 heterocycles. The van der Waals surface area contributed by atoms with Gasteiger partial charge < -0.3 is 10.9 Å². The Hall–Kier alpha value is -2.09. The van der Waals surface area contributed by atoms with Gasteiger partial charge in [0.25, 0.3) is 0 Å². The zero-order chi connectivity index (χ0) is 12.3. The number of rotatable bonds is 3. The maximum absolute atomic E-state index is 13.1. The third kappa shape index (κ3) is 2.53. The molecule has 4 N–H and O–H groups in total. The number of aromatic amines is 1. The Balaban J connectivity index is 2.39. The van der Waals surface area contributed by atoms with E-state index in [4.69, 9.17) is 10.9 Å². The third-order valence-corrected chi connectivity index (χ3v) is 2.89. The summed E-state index contributed by atoms with van der Waals surface area (Å²) in [4.78, 5) is 4.53. The molecular formula is C9H8FN5OS. The van der Waals surface area contributed by atoms with Crippen LogP contribution >= 0.6 is 11.8 Å². The van der Waals surface area contributed by atoms with E-state index in [-0.39, 0.29) is 5.84 Å². The van der Waals surface area contributed by atoms with Crippen molar-refractivity contribution in [3.8, 4) is 0 Å². The van der Waals surface area contributed by atoms with Crippen LogP contribution in [0.3, 0.4) is 0 Å². The fraction of sp³-hybridized carbons (Fsp3) is 0. The number of halogens is 1. The number of aromatic nitrogens is 3. The van der Waals surface area contributed by atoms with Gasteiger partial charge in [-0.15, -0.1) is 0 Å². The van der Waals surface area contributed by atoms with Gasteiger partial charge in [0.2, 0.25) is 0 Å². The minimum absolute atomic E-state index is 0.161. The Morgan fingerprint density at radius 3 is 3.00 bits per heavy atom.